The van der Waals surface area contributed by atoms with Crippen LogP contribution in [-0.4, -0.2) is 29.8 Å². The van der Waals surface area contributed by atoms with Crippen LogP contribution in [-0.2, 0) is 12.3 Å². The zero-order valence-electron chi connectivity index (χ0n) is 18.0. The number of carbonyl (C=O) groups is 1. The molecule has 32 heavy (non-hydrogen) atoms. The molecule has 0 spiro atoms. The van der Waals surface area contributed by atoms with Crippen LogP contribution in [0.5, 0.6) is 11.5 Å². The molecule has 0 fully saturated rings. The predicted octanol–water partition coefficient (Wildman–Crippen LogP) is 5.22. The minimum Gasteiger partial charge on any atom is -0.493 e. The fourth-order valence-corrected chi connectivity index (χ4v) is 5.10. The highest BCUT2D eigenvalue weighted by Crippen LogP contribution is 2.33. The van der Waals surface area contributed by atoms with Gasteiger partial charge in [-0.2, -0.15) is 0 Å². The molecule has 0 bridgehead atoms. The summed E-state index contributed by atoms with van der Waals surface area (Å²) < 4.78 is 17.7. The van der Waals surface area contributed by atoms with Gasteiger partial charge in [-0.05, 0) is 37.6 Å². The summed E-state index contributed by atoms with van der Waals surface area (Å²) in [6.07, 6.45) is 0. The van der Waals surface area contributed by atoms with Crippen molar-refractivity contribution in [2.24, 2.45) is 0 Å². The second kappa shape index (κ2) is 10.1. The monoisotopic (exact) mass is 469 g/mol. The Morgan fingerprint density at radius 1 is 1.19 bits per heavy atom. The number of aryl methyl sites for hydroxylation is 1. The third-order valence-electron chi connectivity index (χ3n) is 4.73. The number of nitrogens with one attached hydrogen (secondary N) is 1. The largest absolute Gasteiger partial charge is 0.493 e. The molecule has 1 N–H and O–H groups in total. The molecule has 2 aromatic heterocycles. The number of para-hydroxylation sites is 1. The molecule has 2 aromatic carbocycles. The van der Waals surface area contributed by atoms with Crippen LogP contribution >= 0.6 is 23.1 Å². The molecule has 4 rings (SSSR count). The number of hydrogen-bond donors (Lipinski definition) is 1. The minimum atomic E-state index is -0.266. The Balaban J connectivity index is 1.53. The van der Waals surface area contributed by atoms with Crippen molar-refractivity contribution < 1.29 is 18.7 Å². The van der Waals surface area contributed by atoms with E-state index >= 15 is 0 Å². The van der Waals surface area contributed by atoms with Crippen LogP contribution in [0.2, 0.25) is 0 Å². The number of ether oxygens (including phenoxy) is 2. The van der Waals surface area contributed by atoms with E-state index in [-0.39, 0.29) is 5.91 Å². The normalized spacial score (nSPS) is 11.0. The minimum absolute atomic E-state index is 0.266. The molecule has 0 saturated carbocycles. The van der Waals surface area contributed by atoms with Crippen molar-refractivity contribution >= 4 is 40.0 Å². The van der Waals surface area contributed by atoms with Crippen molar-refractivity contribution in [3.63, 3.8) is 0 Å². The van der Waals surface area contributed by atoms with E-state index in [2.05, 4.69) is 15.5 Å². The van der Waals surface area contributed by atoms with Crippen molar-refractivity contribution in [1.82, 2.24) is 15.5 Å². The van der Waals surface area contributed by atoms with Crippen molar-refractivity contribution in [2.75, 3.05) is 13.7 Å². The Kier molecular flexibility index (Phi) is 6.96. The van der Waals surface area contributed by atoms with Gasteiger partial charge in [0.25, 0.3) is 5.91 Å². The van der Waals surface area contributed by atoms with Crippen LogP contribution < -0.4 is 14.8 Å². The molecule has 0 radical (unpaired) electrons. The van der Waals surface area contributed by atoms with Gasteiger partial charge in [0.2, 0.25) is 0 Å². The number of nitrogens with zero attached hydrogens (tertiary/aromatic N) is 2. The highest BCUT2D eigenvalue weighted by Gasteiger charge is 2.21. The van der Waals surface area contributed by atoms with E-state index in [0.29, 0.717) is 41.7 Å². The van der Waals surface area contributed by atoms with E-state index in [1.165, 1.54) is 11.3 Å². The van der Waals surface area contributed by atoms with E-state index in [0.717, 1.165) is 25.9 Å². The first kappa shape index (κ1) is 22.2. The molecule has 0 aliphatic heterocycles. The van der Waals surface area contributed by atoms with Crippen molar-refractivity contribution in [2.45, 2.75) is 30.5 Å². The van der Waals surface area contributed by atoms with Crippen molar-refractivity contribution in [3.8, 4) is 11.5 Å². The van der Waals surface area contributed by atoms with Gasteiger partial charge in [0.15, 0.2) is 21.6 Å². The molecule has 0 aliphatic rings. The van der Waals surface area contributed by atoms with E-state index in [9.17, 15) is 4.79 Å². The van der Waals surface area contributed by atoms with E-state index in [4.69, 9.17) is 13.9 Å². The zero-order valence-corrected chi connectivity index (χ0v) is 19.6. The number of benzene rings is 2. The maximum atomic E-state index is 13.1. The van der Waals surface area contributed by atoms with Crippen LogP contribution in [0.15, 0.2) is 51.2 Å². The van der Waals surface area contributed by atoms with Gasteiger partial charge >= 0.3 is 0 Å². The smallest absolute Gasteiger partial charge is 0.287 e. The van der Waals surface area contributed by atoms with Gasteiger partial charge in [0, 0.05) is 23.2 Å². The van der Waals surface area contributed by atoms with Crippen molar-refractivity contribution in [3.05, 3.63) is 64.4 Å². The molecule has 4 aromatic rings. The maximum Gasteiger partial charge on any atom is 0.287 e. The first-order chi connectivity index (χ1) is 15.6. The molecule has 2 heterocycles. The number of thioether (sulfide) groups is 1. The zero-order chi connectivity index (χ0) is 22.5. The number of rotatable bonds is 9. The lowest BCUT2D eigenvalue weighted by atomic mass is 10.1. The molecule has 0 aliphatic carbocycles. The van der Waals surface area contributed by atoms with Gasteiger partial charge in [-0.3, -0.25) is 4.79 Å². The summed E-state index contributed by atoms with van der Waals surface area (Å²) in [7, 11) is 1.60. The van der Waals surface area contributed by atoms with Crippen LogP contribution in [0.3, 0.4) is 0 Å². The molecule has 0 atom stereocenters. The SMILES string of the molecule is CCOc1ccc(CNC(=O)c2oc3ccccc3c2CSc2nnc(C)s2)cc1OC. The van der Waals surface area contributed by atoms with Crippen molar-refractivity contribution in [1.29, 1.82) is 0 Å². The Morgan fingerprint density at radius 2 is 2.03 bits per heavy atom. The average molecular weight is 470 g/mol. The highest BCUT2D eigenvalue weighted by atomic mass is 32.2. The Morgan fingerprint density at radius 3 is 2.78 bits per heavy atom. The number of carbonyl (C=O) groups excluding carboxylic acids is 1. The molecule has 0 saturated heterocycles. The number of aromatic nitrogens is 2. The van der Waals surface area contributed by atoms with Gasteiger partial charge in [-0.15, -0.1) is 10.2 Å². The fraction of sp³-hybridized carbons (Fsp3) is 0.261. The van der Waals surface area contributed by atoms with E-state index in [1.807, 2.05) is 56.3 Å². The predicted molar refractivity (Wildman–Crippen MR) is 126 cm³/mol. The number of hydrogen-bond acceptors (Lipinski definition) is 8. The Hall–Kier alpha value is -3.04. The lowest BCUT2D eigenvalue weighted by Gasteiger charge is -2.11. The molecule has 0 unspecified atom stereocenters. The summed E-state index contributed by atoms with van der Waals surface area (Å²) in [5, 5.41) is 13.0. The van der Waals surface area contributed by atoms with Gasteiger partial charge < -0.3 is 19.2 Å². The molecule has 7 nitrogen and oxygen atoms in total. The second-order valence-electron chi connectivity index (χ2n) is 6.88. The van der Waals surface area contributed by atoms with Gasteiger partial charge in [0.05, 0.1) is 13.7 Å². The second-order valence-corrected chi connectivity index (χ2v) is 9.29. The van der Waals surface area contributed by atoms with E-state index < -0.39 is 0 Å². The topological polar surface area (TPSA) is 86.5 Å². The van der Waals surface area contributed by atoms with Crippen LogP contribution in [0.1, 0.15) is 33.6 Å². The van der Waals surface area contributed by atoms with Crippen LogP contribution in [0.4, 0.5) is 0 Å². The highest BCUT2D eigenvalue weighted by molar-refractivity contribution is 8.00. The maximum absolute atomic E-state index is 13.1. The quantitative estimate of drug-likeness (QED) is 0.336. The number of methoxy groups -OCH3 is 1. The standard InChI is InChI=1S/C23H23N3O4S2/c1-4-29-19-10-9-15(11-20(19)28-3)12-24-22(27)21-17(13-31-23-26-25-14(2)32-23)16-7-5-6-8-18(16)30-21/h5-11H,4,12-13H2,1-3H3,(H,24,27). The van der Waals surface area contributed by atoms with Gasteiger partial charge in [0.1, 0.15) is 10.6 Å². The lowest BCUT2D eigenvalue weighted by Crippen LogP contribution is -2.23. The first-order valence-corrected chi connectivity index (χ1v) is 11.9. The summed E-state index contributed by atoms with van der Waals surface area (Å²) in [6, 6.07) is 13.3. The summed E-state index contributed by atoms with van der Waals surface area (Å²) >= 11 is 3.08. The Bertz CT molecular complexity index is 1240. The lowest BCUT2D eigenvalue weighted by molar-refractivity contribution is 0.0924. The molecular formula is C23H23N3O4S2. The summed E-state index contributed by atoms with van der Waals surface area (Å²) in [5.41, 5.74) is 2.43. The molecule has 1 amide bonds. The summed E-state index contributed by atoms with van der Waals surface area (Å²) in [6.45, 7) is 4.73. The molecule has 166 valence electrons. The number of furan rings is 1. The third kappa shape index (κ3) is 4.89. The average Bonchev–Trinajstić information content (AvgIpc) is 3.40. The molecule has 9 heteroatoms. The third-order valence-corrected chi connectivity index (χ3v) is 6.73. The summed E-state index contributed by atoms with van der Waals surface area (Å²) in [4.78, 5) is 13.1. The van der Waals surface area contributed by atoms with Gasteiger partial charge in [-0.25, -0.2) is 0 Å². The number of fused-ring (bicyclic) bond motifs is 1. The number of amides is 1. The Labute approximate surface area is 194 Å². The molecular weight excluding hydrogens is 446 g/mol. The first-order valence-electron chi connectivity index (χ1n) is 10.1. The fourth-order valence-electron chi connectivity index (χ4n) is 3.26. The van der Waals surface area contributed by atoms with Crippen LogP contribution in [0, 0.1) is 6.92 Å². The summed E-state index contributed by atoms with van der Waals surface area (Å²) in [5.74, 6) is 1.92. The van der Waals surface area contributed by atoms with Gasteiger partial charge in [-0.1, -0.05) is 47.4 Å². The van der Waals surface area contributed by atoms with E-state index in [1.54, 1.807) is 18.9 Å². The van der Waals surface area contributed by atoms with Crippen LogP contribution in [0.25, 0.3) is 11.0 Å².